The molecule has 0 atom stereocenters. The van der Waals surface area contributed by atoms with Crippen LogP contribution in [0.2, 0.25) is 0 Å². The van der Waals surface area contributed by atoms with Gasteiger partial charge in [0.2, 0.25) is 5.91 Å². The number of halogens is 1. The molecule has 0 radical (unpaired) electrons. The van der Waals surface area contributed by atoms with E-state index in [0.29, 0.717) is 5.75 Å². The first-order chi connectivity index (χ1) is 13.2. The van der Waals surface area contributed by atoms with Crippen LogP contribution in [0.1, 0.15) is 11.1 Å². The van der Waals surface area contributed by atoms with Crippen molar-refractivity contribution in [2.45, 2.75) is 16.4 Å². The molecule has 3 rings (SSSR count). The summed E-state index contributed by atoms with van der Waals surface area (Å²) in [7, 11) is 0. The number of benzene rings is 3. The molecule has 0 bridgehead atoms. The minimum Gasteiger partial charge on any atom is -0.325 e. The van der Waals surface area contributed by atoms with Crippen molar-refractivity contribution in [2.24, 2.45) is 0 Å². The average molecular weight is 458 g/mol. The molecule has 27 heavy (non-hydrogen) atoms. The van der Waals surface area contributed by atoms with E-state index in [1.807, 2.05) is 42.1 Å². The van der Waals surface area contributed by atoms with Gasteiger partial charge in [-0.2, -0.15) is 0 Å². The summed E-state index contributed by atoms with van der Waals surface area (Å²) in [6.07, 6.45) is 0. The third kappa shape index (κ3) is 7.09. The number of thioether (sulfide) groups is 2. The number of hydrogen-bond donors (Lipinski definition) is 1. The zero-order valence-electron chi connectivity index (χ0n) is 14.7. The van der Waals surface area contributed by atoms with Crippen molar-refractivity contribution in [2.75, 3.05) is 11.1 Å². The highest BCUT2D eigenvalue weighted by Crippen LogP contribution is 2.23. The van der Waals surface area contributed by atoms with Crippen molar-refractivity contribution in [3.05, 3.63) is 94.5 Å². The van der Waals surface area contributed by atoms with Gasteiger partial charge in [-0.05, 0) is 47.5 Å². The van der Waals surface area contributed by atoms with Gasteiger partial charge in [0.25, 0.3) is 0 Å². The van der Waals surface area contributed by atoms with Crippen molar-refractivity contribution in [3.8, 4) is 0 Å². The molecule has 5 heteroatoms. The lowest BCUT2D eigenvalue weighted by atomic mass is 10.2. The Bertz CT molecular complexity index is 852. The fourth-order valence-electron chi connectivity index (χ4n) is 2.41. The third-order valence-corrected chi connectivity index (χ3v) is 6.42. The highest BCUT2D eigenvalue weighted by molar-refractivity contribution is 9.10. The first-order valence-electron chi connectivity index (χ1n) is 8.58. The van der Waals surface area contributed by atoms with Gasteiger partial charge < -0.3 is 5.32 Å². The monoisotopic (exact) mass is 457 g/mol. The molecule has 0 saturated carbocycles. The lowest BCUT2D eigenvalue weighted by molar-refractivity contribution is -0.113. The molecule has 0 saturated heterocycles. The molecule has 138 valence electrons. The Kier molecular flexibility index (Phi) is 7.87. The van der Waals surface area contributed by atoms with E-state index in [9.17, 15) is 4.79 Å². The maximum absolute atomic E-state index is 12.1. The third-order valence-electron chi connectivity index (χ3n) is 3.80. The summed E-state index contributed by atoms with van der Waals surface area (Å²) in [6.45, 7) is 0. The van der Waals surface area contributed by atoms with E-state index in [1.54, 1.807) is 11.8 Å². The van der Waals surface area contributed by atoms with Gasteiger partial charge in [-0.3, -0.25) is 4.79 Å². The number of carbonyl (C=O) groups is 1. The van der Waals surface area contributed by atoms with E-state index >= 15 is 0 Å². The van der Waals surface area contributed by atoms with Crippen LogP contribution in [-0.2, 0) is 16.3 Å². The van der Waals surface area contributed by atoms with E-state index in [0.717, 1.165) is 21.7 Å². The second-order valence-corrected chi connectivity index (χ2v) is 8.92. The van der Waals surface area contributed by atoms with Gasteiger partial charge in [0.15, 0.2) is 0 Å². The molecule has 0 unspecified atom stereocenters. The largest absolute Gasteiger partial charge is 0.325 e. The zero-order chi connectivity index (χ0) is 18.9. The van der Waals surface area contributed by atoms with Crippen LogP contribution < -0.4 is 5.32 Å². The van der Waals surface area contributed by atoms with Crippen molar-refractivity contribution >= 4 is 51.0 Å². The smallest absolute Gasteiger partial charge is 0.234 e. The topological polar surface area (TPSA) is 29.1 Å². The SMILES string of the molecule is O=C(CSCc1ccc(Br)cc1)Nc1ccc(CSc2ccccc2)cc1. The number of carbonyl (C=O) groups excluding carboxylic acids is 1. The second kappa shape index (κ2) is 10.6. The van der Waals surface area contributed by atoms with Crippen LogP contribution in [0.15, 0.2) is 88.2 Å². The molecule has 0 aliphatic heterocycles. The molecule has 0 heterocycles. The van der Waals surface area contributed by atoms with E-state index in [2.05, 4.69) is 69.8 Å². The Hall–Kier alpha value is -1.69. The van der Waals surface area contributed by atoms with Crippen LogP contribution >= 0.6 is 39.5 Å². The number of rotatable bonds is 8. The molecule has 0 fully saturated rings. The van der Waals surface area contributed by atoms with Gasteiger partial charge in [0, 0.05) is 26.6 Å². The highest BCUT2D eigenvalue weighted by atomic mass is 79.9. The van der Waals surface area contributed by atoms with Crippen molar-refractivity contribution in [1.29, 1.82) is 0 Å². The van der Waals surface area contributed by atoms with Crippen LogP contribution in [0.3, 0.4) is 0 Å². The van der Waals surface area contributed by atoms with Gasteiger partial charge in [0.1, 0.15) is 0 Å². The first kappa shape index (κ1) is 20.1. The summed E-state index contributed by atoms with van der Waals surface area (Å²) in [5.74, 6) is 2.22. The molecular weight excluding hydrogens is 438 g/mol. The second-order valence-electron chi connectivity index (χ2n) is 5.97. The van der Waals surface area contributed by atoms with Crippen LogP contribution in [0.5, 0.6) is 0 Å². The first-order valence-corrected chi connectivity index (χ1v) is 11.5. The Morgan fingerprint density at radius 3 is 2.15 bits per heavy atom. The quantitative estimate of drug-likeness (QED) is 0.385. The lowest BCUT2D eigenvalue weighted by Crippen LogP contribution is -2.14. The fraction of sp³-hybridized carbons (Fsp3) is 0.136. The molecule has 0 spiro atoms. The normalized spacial score (nSPS) is 10.6. The van der Waals surface area contributed by atoms with Gasteiger partial charge in [-0.15, -0.1) is 23.5 Å². The van der Waals surface area contributed by atoms with Crippen LogP contribution in [0.25, 0.3) is 0 Å². The average Bonchev–Trinajstić information content (AvgIpc) is 2.70. The Labute approximate surface area is 177 Å². The van der Waals surface area contributed by atoms with Crippen LogP contribution in [0.4, 0.5) is 5.69 Å². The van der Waals surface area contributed by atoms with Gasteiger partial charge in [-0.25, -0.2) is 0 Å². The van der Waals surface area contributed by atoms with Crippen LogP contribution in [-0.4, -0.2) is 11.7 Å². The molecule has 1 N–H and O–H groups in total. The van der Waals surface area contributed by atoms with Gasteiger partial charge in [-0.1, -0.05) is 58.4 Å². The van der Waals surface area contributed by atoms with Gasteiger partial charge in [0.05, 0.1) is 5.75 Å². The molecule has 3 aromatic rings. The molecular formula is C22H20BrNOS2. The van der Waals surface area contributed by atoms with Crippen molar-refractivity contribution in [3.63, 3.8) is 0 Å². The number of amides is 1. The van der Waals surface area contributed by atoms with E-state index < -0.39 is 0 Å². The number of hydrogen-bond acceptors (Lipinski definition) is 3. The summed E-state index contributed by atoms with van der Waals surface area (Å²) in [6, 6.07) is 26.6. The summed E-state index contributed by atoms with van der Waals surface area (Å²) in [5.41, 5.74) is 3.31. The molecule has 1 amide bonds. The maximum atomic E-state index is 12.1. The van der Waals surface area contributed by atoms with E-state index in [1.165, 1.54) is 16.0 Å². The Morgan fingerprint density at radius 1 is 0.815 bits per heavy atom. The molecule has 0 aromatic heterocycles. The molecule has 3 aromatic carbocycles. The highest BCUT2D eigenvalue weighted by Gasteiger charge is 2.04. The summed E-state index contributed by atoms with van der Waals surface area (Å²) in [4.78, 5) is 13.4. The minimum absolute atomic E-state index is 0.0310. The predicted octanol–water partition coefficient (Wildman–Crippen LogP) is 6.61. The maximum Gasteiger partial charge on any atom is 0.234 e. The van der Waals surface area contributed by atoms with Gasteiger partial charge >= 0.3 is 0 Å². The summed E-state index contributed by atoms with van der Waals surface area (Å²) in [5, 5.41) is 2.96. The van der Waals surface area contributed by atoms with Crippen molar-refractivity contribution < 1.29 is 4.79 Å². The minimum atomic E-state index is 0.0310. The summed E-state index contributed by atoms with van der Waals surface area (Å²) < 4.78 is 1.07. The standard InChI is InChI=1S/C22H20BrNOS2/c23-19-10-6-17(7-11-19)14-26-16-22(25)24-20-12-8-18(9-13-20)15-27-21-4-2-1-3-5-21/h1-13H,14-16H2,(H,24,25). The molecule has 0 aliphatic carbocycles. The Morgan fingerprint density at radius 2 is 1.44 bits per heavy atom. The fourth-order valence-corrected chi connectivity index (χ4v) is 4.33. The molecule has 2 nitrogen and oxygen atoms in total. The molecule has 0 aliphatic rings. The zero-order valence-corrected chi connectivity index (χ0v) is 17.9. The Balaban J connectivity index is 1.40. The predicted molar refractivity (Wildman–Crippen MR) is 121 cm³/mol. The number of anilines is 1. The van der Waals surface area contributed by atoms with Crippen molar-refractivity contribution in [1.82, 2.24) is 0 Å². The van der Waals surface area contributed by atoms with E-state index in [4.69, 9.17) is 0 Å². The lowest BCUT2D eigenvalue weighted by Gasteiger charge is -2.07. The van der Waals surface area contributed by atoms with E-state index in [-0.39, 0.29) is 5.91 Å². The summed E-state index contributed by atoms with van der Waals surface area (Å²) >= 11 is 6.86. The number of nitrogens with one attached hydrogen (secondary N) is 1. The van der Waals surface area contributed by atoms with Crippen LogP contribution in [0, 0.1) is 0 Å².